The van der Waals surface area contributed by atoms with Gasteiger partial charge in [0.15, 0.2) is 17.5 Å². The molecule has 0 radical (unpaired) electrons. The molecule has 0 saturated heterocycles. The van der Waals surface area contributed by atoms with E-state index in [-0.39, 0.29) is 0 Å². The molecule has 0 bridgehead atoms. The minimum absolute atomic E-state index is 0.586. The Balaban J connectivity index is 1.11. The summed E-state index contributed by atoms with van der Waals surface area (Å²) in [5.74, 6) is 1.89. The lowest BCUT2D eigenvalue weighted by molar-refractivity contribution is 0.723. The van der Waals surface area contributed by atoms with Crippen LogP contribution in [0.5, 0.6) is 0 Å². The third kappa shape index (κ3) is 5.34. The Bertz CT molecular complexity index is 3010. The van der Waals surface area contributed by atoms with Crippen LogP contribution in [-0.4, -0.2) is 15.0 Å². The molecule has 9 aromatic rings. The molecule has 0 fully saturated rings. The average Bonchev–Trinajstić information content (AvgIpc) is 3.60. The third-order valence-electron chi connectivity index (χ3n) is 11.5. The molecule has 0 saturated carbocycles. The zero-order valence-corrected chi connectivity index (χ0v) is 32.0. The Morgan fingerprint density at radius 1 is 0.362 bits per heavy atom. The van der Waals surface area contributed by atoms with Crippen molar-refractivity contribution in [1.29, 1.82) is 5.26 Å². The van der Waals surface area contributed by atoms with Gasteiger partial charge in [0.2, 0.25) is 0 Å². The quantitative estimate of drug-likeness (QED) is 0.175. The third-order valence-corrected chi connectivity index (χ3v) is 12.6. The van der Waals surface area contributed by atoms with Gasteiger partial charge in [0.05, 0.1) is 17.0 Å². The molecule has 1 aliphatic carbocycles. The van der Waals surface area contributed by atoms with Crippen LogP contribution < -0.4 is 0 Å². The van der Waals surface area contributed by atoms with Gasteiger partial charge in [-0.1, -0.05) is 169 Å². The average molecular weight is 757 g/mol. The molecule has 58 heavy (non-hydrogen) atoms. The summed E-state index contributed by atoms with van der Waals surface area (Å²) in [5, 5.41) is 10.1. The highest BCUT2D eigenvalue weighted by Crippen LogP contribution is 2.62. The zero-order chi connectivity index (χ0) is 38.6. The van der Waals surface area contributed by atoms with Crippen LogP contribution in [0.1, 0.15) is 27.8 Å². The second-order valence-corrected chi connectivity index (χ2v) is 15.7. The van der Waals surface area contributed by atoms with Gasteiger partial charge >= 0.3 is 0 Å². The van der Waals surface area contributed by atoms with Crippen molar-refractivity contribution in [3.8, 4) is 73.6 Å². The first-order chi connectivity index (χ1) is 28.7. The molecule has 0 atom stereocenters. The maximum Gasteiger partial charge on any atom is 0.164 e. The van der Waals surface area contributed by atoms with Crippen molar-refractivity contribution in [2.24, 2.45) is 0 Å². The molecule has 1 spiro atoms. The summed E-state index contributed by atoms with van der Waals surface area (Å²) in [6.45, 7) is 0. The van der Waals surface area contributed by atoms with Gasteiger partial charge in [-0.05, 0) is 92.0 Å². The molecule has 0 amide bonds. The molecule has 1 aliphatic heterocycles. The Kier molecular flexibility index (Phi) is 7.99. The van der Waals surface area contributed by atoms with Crippen LogP contribution in [-0.2, 0) is 5.41 Å². The molecule has 4 nitrogen and oxygen atoms in total. The first kappa shape index (κ1) is 33.9. The Morgan fingerprint density at radius 2 is 0.810 bits per heavy atom. The first-order valence-electron chi connectivity index (χ1n) is 19.3. The summed E-state index contributed by atoms with van der Waals surface area (Å²) in [6.07, 6.45) is 0. The fourth-order valence-corrected chi connectivity index (χ4v) is 10.0. The lowest BCUT2D eigenvalue weighted by Crippen LogP contribution is -2.32. The van der Waals surface area contributed by atoms with E-state index in [0.29, 0.717) is 23.0 Å². The van der Waals surface area contributed by atoms with Gasteiger partial charge in [0, 0.05) is 26.5 Å². The van der Waals surface area contributed by atoms with Crippen molar-refractivity contribution in [2.75, 3.05) is 0 Å². The van der Waals surface area contributed by atoms with Crippen molar-refractivity contribution >= 4 is 11.8 Å². The second kappa shape index (κ2) is 13.7. The Hall–Kier alpha value is -7.39. The van der Waals surface area contributed by atoms with E-state index in [9.17, 15) is 5.26 Å². The highest BCUT2D eigenvalue weighted by atomic mass is 32.2. The molecule has 270 valence electrons. The smallest absolute Gasteiger partial charge is 0.164 e. The molecule has 0 unspecified atom stereocenters. The molecule has 1 aromatic heterocycles. The van der Waals surface area contributed by atoms with E-state index < -0.39 is 5.41 Å². The predicted octanol–water partition coefficient (Wildman–Crippen LogP) is 12.9. The van der Waals surface area contributed by atoms with E-state index in [1.165, 1.54) is 43.2 Å². The van der Waals surface area contributed by atoms with Gasteiger partial charge in [0.1, 0.15) is 0 Å². The van der Waals surface area contributed by atoms with Crippen LogP contribution in [0.15, 0.2) is 204 Å². The van der Waals surface area contributed by atoms with Gasteiger partial charge in [-0.15, -0.1) is 0 Å². The molecule has 0 N–H and O–H groups in total. The molecule has 2 aliphatic rings. The van der Waals surface area contributed by atoms with Crippen molar-refractivity contribution in [2.45, 2.75) is 15.2 Å². The van der Waals surface area contributed by atoms with Crippen molar-refractivity contribution in [3.05, 3.63) is 222 Å². The molecule has 8 aromatic carbocycles. The Morgan fingerprint density at radius 3 is 1.41 bits per heavy atom. The SMILES string of the molecule is N#Cc1ccccc1-c1ccc2c(c1)C1(c3cc(-c4cccc(-c5nc(-c6ccccc6)nc(-c6ccccc6)n5)c4)ccc3S2)c2ccccc2-c2ccccc21. The molecule has 2 heterocycles. The fraction of sp³-hybridized carbons (Fsp3) is 0.0189. The normalized spacial score (nSPS) is 12.9. The highest BCUT2D eigenvalue weighted by molar-refractivity contribution is 7.99. The van der Waals surface area contributed by atoms with Crippen LogP contribution in [0.3, 0.4) is 0 Å². The summed E-state index contributed by atoms with van der Waals surface area (Å²) in [5.41, 5.74) is 14.5. The van der Waals surface area contributed by atoms with Gasteiger partial charge < -0.3 is 0 Å². The van der Waals surface area contributed by atoms with Crippen molar-refractivity contribution < 1.29 is 0 Å². The van der Waals surface area contributed by atoms with Crippen LogP contribution in [0.2, 0.25) is 0 Å². The molecular weight excluding hydrogens is 725 g/mol. The summed E-state index contributed by atoms with van der Waals surface area (Å²) in [6, 6.07) is 70.5. The minimum Gasteiger partial charge on any atom is -0.208 e. The predicted molar refractivity (Wildman–Crippen MR) is 233 cm³/mol. The first-order valence-corrected chi connectivity index (χ1v) is 20.1. The number of nitrogens with zero attached hydrogens (tertiary/aromatic N) is 4. The fourth-order valence-electron chi connectivity index (χ4n) is 8.86. The van der Waals surface area contributed by atoms with E-state index in [2.05, 4.69) is 121 Å². The van der Waals surface area contributed by atoms with Crippen molar-refractivity contribution in [3.63, 3.8) is 0 Å². The zero-order valence-electron chi connectivity index (χ0n) is 31.2. The van der Waals surface area contributed by atoms with E-state index >= 15 is 0 Å². The van der Waals surface area contributed by atoms with Gasteiger partial charge in [-0.25, -0.2) is 15.0 Å². The highest BCUT2D eigenvalue weighted by Gasteiger charge is 2.50. The largest absolute Gasteiger partial charge is 0.208 e. The summed E-state index contributed by atoms with van der Waals surface area (Å²) >= 11 is 1.82. The topological polar surface area (TPSA) is 62.5 Å². The Labute approximate surface area is 341 Å². The molecule has 5 heteroatoms. The van der Waals surface area contributed by atoms with Crippen LogP contribution in [0, 0.1) is 11.3 Å². The lowest BCUT2D eigenvalue weighted by Gasteiger charge is -2.40. The minimum atomic E-state index is -0.586. The van der Waals surface area contributed by atoms with Gasteiger partial charge in [-0.3, -0.25) is 0 Å². The van der Waals surface area contributed by atoms with Crippen molar-refractivity contribution in [1.82, 2.24) is 15.0 Å². The second-order valence-electron chi connectivity index (χ2n) is 14.6. The number of fused-ring (bicyclic) bond motifs is 9. The number of hydrogen-bond acceptors (Lipinski definition) is 5. The number of nitriles is 1. The number of hydrogen-bond donors (Lipinski definition) is 0. The number of rotatable bonds is 5. The summed E-state index contributed by atoms with van der Waals surface area (Å²) < 4.78 is 0. The summed E-state index contributed by atoms with van der Waals surface area (Å²) in [7, 11) is 0. The maximum atomic E-state index is 10.1. The van der Waals surface area contributed by atoms with E-state index in [4.69, 9.17) is 15.0 Å². The van der Waals surface area contributed by atoms with Crippen LogP contribution in [0.25, 0.3) is 67.5 Å². The van der Waals surface area contributed by atoms with E-state index in [1.807, 2.05) is 90.6 Å². The summed E-state index contributed by atoms with van der Waals surface area (Å²) in [4.78, 5) is 17.4. The van der Waals surface area contributed by atoms with Gasteiger partial charge in [0.25, 0.3) is 0 Å². The lowest BCUT2D eigenvalue weighted by atomic mass is 9.66. The molecular formula is C53H32N4S. The van der Waals surface area contributed by atoms with Gasteiger partial charge in [-0.2, -0.15) is 5.26 Å². The molecule has 11 rings (SSSR count). The standard InChI is InChI=1S/C53H32N4S/c54-33-40-18-7-8-21-41(40)38-27-29-49-47(32-38)53(44-24-11-9-22-42(44)43-23-10-12-25-45(43)53)46-31-37(26-28-48(46)58-49)36-19-13-20-39(30-36)52-56-50(34-14-3-1-4-15-34)55-51(57-52)35-16-5-2-6-17-35/h1-32H. The number of aromatic nitrogens is 3. The number of benzene rings is 8. The maximum absolute atomic E-state index is 10.1. The van der Waals surface area contributed by atoms with Crippen LogP contribution in [0.4, 0.5) is 0 Å². The van der Waals surface area contributed by atoms with Crippen LogP contribution >= 0.6 is 11.8 Å². The monoisotopic (exact) mass is 756 g/mol. The van der Waals surface area contributed by atoms with E-state index in [1.54, 1.807) is 0 Å². The van der Waals surface area contributed by atoms with E-state index in [0.717, 1.165) is 38.9 Å².